The predicted molar refractivity (Wildman–Crippen MR) is 86.3 cm³/mol. The Morgan fingerprint density at radius 1 is 0.737 bits per heavy atom. The summed E-state index contributed by atoms with van der Waals surface area (Å²) in [5, 5.41) is 0. The highest BCUT2D eigenvalue weighted by Gasteiger charge is 2.10. The molecule has 1 unspecified atom stereocenters. The standard InChI is InChI=1S/C14H32O3P2/c1-2-3-4-5-6-7-8-9-10-11-12-13-14-18-19(15,16)17/h18H,2-14H2,1H3,(H2,15,16,17). The molecule has 3 nitrogen and oxygen atoms in total. The second kappa shape index (κ2) is 13.6. The Hall–Kier alpha value is 0.580. The average molecular weight is 310 g/mol. The van der Waals surface area contributed by atoms with Crippen molar-refractivity contribution >= 4 is 15.6 Å². The first-order valence-corrected chi connectivity index (χ1v) is 11.5. The van der Waals surface area contributed by atoms with Gasteiger partial charge in [-0.15, -0.1) is 0 Å². The van der Waals surface area contributed by atoms with Gasteiger partial charge in [-0.25, -0.2) is 0 Å². The van der Waals surface area contributed by atoms with Gasteiger partial charge in [0.15, 0.2) is 0 Å². The summed E-state index contributed by atoms with van der Waals surface area (Å²) in [6.45, 7) is 2.25. The highest BCUT2D eigenvalue weighted by atomic mass is 32.1. The lowest BCUT2D eigenvalue weighted by atomic mass is 10.1. The summed E-state index contributed by atoms with van der Waals surface area (Å²) in [7, 11) is -3.90. The first-order valence-electron chi connectivity index (χ1n) is 7.87. The first-order chi connectivity index (χ1) is 9.06. The molecule has 1 atom stereocenters. The van der Waals surface area contributed by atoms with E-state index in [1.54, 1.807) is 0 Å². The van der Waals surface area contributed by atoms with Gasteiger partial charge in [0.25, 0.3) is 0 Å². The van der Waals surface area contributed by atoms with Gasteiger partial charge >= 0.3 is 7.28 Å². The molecule has 0 radical (unpaired) electrons. The molecule has 0 rings (SSSR count). The van der Waals surface area contributed by atoms with E-state index in [1.165, 1.54) is 64.2 Å². The van der Waals surface area contributed by atoms with Crippen LogP contribution >= 0.6 is 15.6 Å². The number of hydrogen-bond donors (Lipinski definition) is 2. The maximum Gasteiger partial charge on any atom is 0.341 e. The minimum absolute atomic E-state index is 0.180. The van der Waals surface area contributed by atoms with Crippen molar-refractivity contribution in [3.8, 4) is 0 Å². The van der Waals surface area contributed by atoms with Gasteiger partial charge < -0.3 is 9.79 Å². The molecule has 0 saturated carbocycles. The minimum Gasteiger partial charge on any atom is -0.322 e. The van der Waals surface area contributed by atoms with Crippen LogP contribution in [0.15, 0.2) is 0 Å². The van der Waals surface area contributed by atoms with Crippen LogP contribution in [-0.2, 0) is 4.57 Å². The fourth-order valence-electron chi connectivity index (χ4n) is 2.19. The van der Waals surface area contributed by atoms with E-state index in [0.29, 0.717) is 6.16 Å². The third kappa shape index (κ3) is 18.6. The smallest absolute Gasteiger partial charge is 0.322 e. The topological polar surface area (TPSA) is 57.5 Å². The maximum absolute atomic E-state index is 10.6. The van der Waals surface area contributed by atoms with Crippen LogP contribution < -0.4 is 0 Å². The Morgan fingerprint density at radius 2 is 1.11 bits per heavy atom. The van der Waals surface area contributed by atoms with Gasteiger partial charge in [0.1, 0.15) is 0 Å². The Bertz CT molecular complexity index is 229. The van der Waals surface area contributed by atoms with Crippen molar-refractivity contribution < 1.29 is 14.4 Å². The maximum atomic E-state index is 10.6. The van der Waals surface area contributed by atoms with E-state index >= 15 is 0 Å². The van der Waals surface area contributed by atoms with Crippen LogP contribution in [-0.4, -0.2) is 15.9 Å². The molecule has 0 amide bonds. The Morgan fingerprint density at radius 3 is 1.47 bits per heavy atom. The van der Waals surface area contributed by atoms with Crippen molar-refractivity contribution in [2.75, 3.05) is 6.16 Å². The van der Waals surface area contributed by atoms with Crippen LogP contribution in [0.5, 0.6) is 0 Å². The third-order valence-electron chi connectivity index (χ3n) is 3.35. The summed E-state index contributed by atoms with van der Waals surface area (Å²) < 4.78 is 10.6. The van der Waals surface area contributed by atoms with Gasteiger partial charge in [-0.2, -0.15) is 0 Å². The highest BCUT2D eigenvalue weighted by molar-refractivity contribution is 8.19. The van der Waals surface area contributed by atoms with Gasteiger partial charge in [-0.3, -0.25) is 4.57 Å². The van der Waals surface area contributed by atoms with Crippen LogP contribution in [0, 0.1) is 0 Å². The largest absolute Gasteiger partial charge is 0.341 e. The van der Waals surface area contributed by atoms with Crippen LogP contribution in [0.1, 0.15) is 84.0 Å². The van der Waals surface area contributed by atoms with Crippen molar-refractivity contribution in [2.45, 2.75) is 84.0 Å². The Labute approximate surface area is 120 Å². The zero-order valence-corrected chi connectivity index (χ0v) is 14.3. The quantitative estimate of drug-likeness (QED) is 0.331. The molecule has 0 aliphatic carbocycles. The monoisotopic (exact) mass is 310 g/mol. The van der Waals surface area contributed by atoms with Gasteiger partial charge in [0.2, 0.25) is 0 Å². The normalized spacial score (nSPS) is 12.6. The molecule has 19 heavy (non-hydrogen) atoms. The Balaban J connectivity index is 3.01. The van der Waals surface area contributed by atoms with Crippen molar-refractivity contribution in [1.82, 2.24) is 0 Å². The van der Waals surface area contributed by atoms with E-state index in [9.17, 15) is 4.57 Å². The van der Waals surface area contributed by atoms with E-state index < -0.39 is 7.28 Å². The van der Waals surface area contributed by atoms with Crippen molar-refractivity contribution in [3.05, 3.63) is 0 Å². The molecule has 116 valence electrons. The molecule has 0 heterocycles. The second-order valence-electron chi connectivity index (χ2n) is 5.34. The average Bonchev–Trinajstić information content (AvgIpc) is 2.34. The number of rotatable bonds is 14. The van der Waals surface area contributed by atoms with Gasteiger partial charge in [-0.05, 0) is 12.6 Å². The molecule has 0 aromatic carbocycles. The van der Waals surface area contributed by atoms with Crippen molar-refractivity contribution in [2.24, 2.45) is 0 Å². The van der Waals surface area contributed by atoms with E-state index in [1.807, 2.05) is 0 Å². The molecule has 0 aliphatic rings. The van der Waals surface area contributed by atoms with Gasteiger partial charge in [0.05, 0.1) is 0 Å². The molecule has 5 heteroatoms. The van der Waals surface area contributed by atoms with Crippen LogP contribution in [0.25, 0.3) is 0 Å². The van der Waals surface area contributed by atoms with E-state index in [0.717, 1.165) is 12.8 Å². The van der Waals surface area contributed by atoms with Gasteiger partial charge in [-0.1, -0.05) is 77.6 Å². The fourth-order valence-corrected chi connectivity index (χ4v) is 4.24. The van der Waals surface area contributed by atoms with Crippen LogP contribution in [0.2, 0.25) is 0 Å². The molecule has 0 aromatic heterocycles. The number of unbranched alkanes of at least 4 members (excludes halogenated alkanes) is 11. The fraction of sp³-hybridized carbons (Fsp3) is 1.00. The lowest BCUT2D eigenvalue weighted by Gasteiger charge is -2.04. The summed E-state index contributed by atoms with van der Waals surface area (Å²) >= 11 is 0. The molecular weight excluding hydrogens is 278 g/mol. The minimum atomic E-state index is -3.72. The van der Waals surface area contributed by atoms with E-state index in [2.05, 4.69) is 6.92 Å². The summed E-state index contributed by atoms with van der Waals surface area (Å²) in [5.41, 5.74) is 0. The zero-order valence-electron chi connectivity index (χ0n) is 12.4. The van der Waals surface area contributed by atoms with Crippen molar-refractivity contribution in [3.63, 3.8) is 0 Å². The van der Waals surface area contributed by atoms with E-state index in [4.69, 9.17) is 9.79 Å². The summed E-state index contributed by atoms with van der Waals surface area (Å²) in [4.78, 5) is 17.4. The Kier molecular flexibility index (Phi) is 14.0. The summed E-state index contributed by atoms with van der Waals surface area (Å²) in [6.07, 6.45) is 16.3. The zero-order chi connectivity index (χ0) is 14.4. The molecule has 0 spiro atoms. The number of hydrogen-bond acceptors (Lipinski definition) is 1. The molecule has 0 aliphatic heterocycles. The van der Waals surface area contributed by atoms with Crippen LogP contribution in [0.4, 0.5) is 0 Å². The lowest BCUT2D eigenvalue weighted by Crippen LogP contribution is -1.83. The third-order valence-corrected chi connectivity index (χ3v) is 6.24. The SMILES string of the molecule is CCCCCCCCCCCCCCPP(=O)(O)O. The second-order valence-corrected chi connectivity index (χ2v) is 9.94. The molecule has 2 N–H and O–H groups in total. The summed E-state index contributed by atoms with van der Waals surface area (Å²) in [6, 6.07) is 0. The molecule has 0 bridgehead atoms. The highest BCUT2D eigenvalue weighted by Crippen LogP contribution is 2.56. The van der Waals surface area contributed by atoms with Gasteiger partial charge in [0, 0.05) is 8.27 Å². The first kappa shape index (κ1) is 19.6. The van der Waals surface area contributed by atoms with Crippen molar-refractivity contribution in [1.29, 1.82) is 0 Å². The summed E-state index contributed by atoms with van der Waals surface area (Å²) in [5.74, 6) is 0. The lowest BCUT2D eigenvalue weighted by molar-refractivity contribution is 0.396. The molecule has 0 saturated heterocycles. The molecular formula is C14H32O3P2. The van der Waals surface area contributed by atoms with Crippen LogP contribution in [0.3, 0.4) is 0 Å². The molecule has 0 fully saturated rings. The molecule has 0 aromatic rings. The van der Waals surface area contributed by atoms with E-state index in [-0.39, 0.29) is 8.27 Å². The predicted octanol–water partition coefficient (Wildman–Crippen LogP) is 5.46.